The van der Waals surface area contributed by atoms with E-state index in [4.69, 9.17) is 5.73 Å². The van der Waals surface area contributed by atoms with E-state index in [-0.39, 0.29) is 24.1 Å². The van der Waals surface area contributed by atoms with E-state index in [2.05, 4.69) is 4.98 Å². The van der Waals surface area contributed by atoms with Crippen molar-refractivity contribution in [2.24, 2.45) is 5.73 Å². The zero-order valence-corrected chi connectivity index (χ0v) is 17.1. The number of nitrogens with zero attached hydrogens (tertiary/aromatic N) is 3. The van der Waals surface area contributed by atoms with Crippen LogP contribution in [0.3, 0.4) is 0 Å². The Bertz CT molecular complexity index is 1150. The molecule has 2 N–H and O–H groups in total. The van der Waals surface area contributed by atoms with E-state index in [0.29, 0.717) is 10.2 Å². The van der Waals surface area contributed by atoms with Gasteiger partial charge < -0.3 is 10.6 Å². The normalized spacial score (nSPS) is 12.1. The summed E-state index contributed by atoms with van der Waals surface area (Å²) in [6.07, 6.45) is 1.39. The Morgan fingerprint density at radius 2 is 2.07 bits per heavy atom. The average Bonchev–Trinajstić information content (AvgIpc) is 2.95. The molecule has 7 nitrogen and oxygen atoms in total. The second kappa shape index (κ2) is 8.12. The number of hydrogen-bond acceptors (Lipinski definition) is 5. The molecule has 2 amide bonds. The fourth-order valence-electron chi connectivity index (χ4n) is 3.22. The van der Waals surface area contributed by atoms with Crippen molar-refractivity contribution in [1.29, 1.82) is 0 Å². The first-order valence-electron chi connectivity index (χ1n) is 8.96. The Balaban J connectivity index is 1.80. The standard InChI is InChI=1S/C20H21FN4O3S/c1-11-12(2)29-19-16(11)20(28)25(10-23-19)8-7-15(26)24(3)17(18(22)27)13-5-4-6-14(21)9-13/h4-6,9-10,17H,7-8H2,1-3H3,(H2,22,27). The van der Waals surface area contributed by atoms with E-state index >= 15 is 0 Å². The predicted molar refractivity (Wildman–Crippen MR) is 109 cm³/mol. The van der Waals surface area contributed by atoms with Crippen LogP contribution in [-0.2, 0) is 16.1 Å². The van der Waals surface area contributed by atoms with Gasteiger partial charge in [0.1, 0.15) is 16.7 Å². The number of benzene rings is 1. The summed E-state index contributed by atoms with van der Waals surface area (Å²) in [4.78, 5) is 44.5. The van der Waals surface area contributed by atoms with Gasteiger partial charge in [-0.15, -0.1) is 11.3 Å². The number of rotatable bonds is 6. The van der Waals surface area contributed by atoms with Crippen LogP contribution in [0.15, 0.2) is 35.4 Å². The molecule has 29 heavy (non-hydrogen) atoms. The molecule has 2 heterocycles. The lowest BCUT2D eigenvalue weighted by molar-refractivity contribution is -0.138. The number of nitrogens with two attached hydrogens (primary N) is 1. The van der Waals surface area contributed by atoms with Crippen molar-refractivity contribution in [3.8, 4) is 0 Å². The fourth-order valence-corrected chi connectivity index (χ4v) is 4.21. The van der Waals surface area contributed by atoms with Crippen molar-refractivity contribution in [1.82, 2.24) is 14.5 Å². The molecular weight excluding hydrogens is 395 g/mol. The van der Waals surface area contributed by atoms with Crippen molar-refractivity contribution in [3.63, 3.8) is 0 Å². The molecule has 0 spiro atoms. The third-order valence-corrected chi connectivity index (χ3v) is 6.05. The highest BCUT2D eigenvalue weighted by molar-refractivity contribution is 7.18. The van der Waals surface area contributed by atoms with Crippen LogP contribution in [0.1, 0.15) is 28.5 Å². The lowest BCUT2D eigenvalue weighted by Gasteiger charge is -2.26. The lowest BCUT2D eigenvalue weighted by Crippen LogP contribution is -2.39. The average molecular weight is 416 g/mol. The van der Waals surface area contributed by atoms with E-state index in [9.17, 15) is 18.8 Å². The van der Waals surface area contributed by atoms with Gasteiger partial charge in [-0.1, -0.05) is 12.1 Å². The summed E-state index contributed by atoms with van der Waals surface area (Å²) in [5, 5.41) is 0.561. The largest absolute Gasteiger partial charge is 0.368 e. The molecule has 1 aromatic carbocycles. The summed E-state index contributed by atoms with van der Waals surface area (Å²) in [5.41, 5.74) is 6.42. The molecule has 0 aliphatic heterocycles. The monoisotopic (exact) mass is 416 g/mol. The van der Waals surface area contributed by atoms with Gasteiger partial charge in [-0.05, 0) is 37.1 Å². The Kier molecular flexibility index (Phi) is 5.78. The third-order valence-electron chi connectivity index (χ3n) is 4.94. The minimum absolute atomic E-state index is 0.0368. The van der Waals surface area contributed by atoms with Crippen molar-refractivity contribution in [2.75, 3.05) is 7.05 Å². The Morgan fingerprint density at radius 3 is 2.72 bits per heavy atom. The van der Waals surface area contributed by atoms with Gasteiger partial charge in [0.05, 0.1) is 11.7 Å². The van der Waals surface area contributed by atoms with Crippen molar-refractivity contribution in [3.05, 3.63) is 62.8 Å². The Hall–Kier alpha value is -3.07. The molecule has 0 bridgehead atoms. The Morgan fingerprint density at radius 1 is 1.34 bits per heavy atom. The highest BCUT2D eigenvalue weighted by Crippen LogP contribution is 2.25. The number of aromatic nitrogens is 2. The summed E-state index contributed by atoms with van der Waals surface area (Å²) in [6.45, 7) is 3.91. The van der Waals surface area contributed by atoms with Crippen molar-refractivity contribution < 1.29 is 14.0 Å². The van der Waals surface area contributed by atoms with E-state index in [1.165, 1.54) is 58.4 Å². The molecular formula is C20H21FN4O3S. The van der Waals surface area contributed by atoms with Crippen LogP contribution in [0, 0.1) is 19.7 Å². The van der Waals surface area contributed by atoms with Crippen LogP contribution in [0.4, 0.5) is 4.39 Å². The number of carbonyl (C=O) groups excluding carboxylic acids is 2. The summed E-state index contributed by atoms with van der Waals surface area (Å²) in [7, 11) is 1.43. The second-order valence-corrected chi connectivity index (χ2v) is 8.02. The van der Waals surface area contributed by atoms with Gasteiger partial charge in [0.25, 0.3) is 5.56 Å². The maximum atomic E-state index is 13.5. The SMILES string of the molecule is Cc1sc2ncn(CCC(=O)N(C)C(C(N)=O)c3cccc(F)c3)c(=O)c2c1C. The number of fused-ring (bicyclic) bond motifs is 1. The smallest absolute Gasteiger partial charge is 0.262 e. The zero-order chi connectivity index (χ0) is 21.3. The van der Waals surface area contributed by atoms with Crippen LogP contribution in [0.25, 0.3) is 10.2 Å². The predicted octanol–water partition coefficient (Wildman–Crippen LogP) is 2.29. The summed E-state index contributed by atoms with van der Waals surface area (Å²) < 4.78 is 14.9. The van der Waals surface area contributed by atoms with Crippen LogP contribution >= 0.6 is 11.3 Å². The number of aryl methyl sites for hydroxylation is 3. The maximum Gasteiger partial charge on any atom is 0.262 e. The molecule has 0 radical (unpaired) electrons. The summed E-state index contributed by atoms with van der Waals surface area (Å²) in [5.74, 6) is -1.69. The fraction of sp³-hybridized carbons (Fsp3) is 0.300. The van der Waals surface area contributed by atoms with Gasteiger partial charge in [-0.2, -0.15) is 0 Å². The van der Waals surface area contributed by atoms with E-state index in [1.54, 1.807) is 0 Å². The highest BCUT2D eigenvalue weighted by Gasteiger charge is 2.27. The van der Waals surface area contributed by atoms with Crippen LogP contribution in [0.2, 0.25) is 0 Å². The maximum absolute atomic E-state index is 13.5. The number of thiophene rings is 1. The molecule has 1 atom stereocenters. The minimum atomic E-state index is -1.10. The number of amides is 2. The quantitative estimate of drug-likeness (QED) is 0.667. The van der Waals surface area contributed by atoms with Crippen LogP contribution < -0.4 is 11.3 Å². The molecule has 3 aromatic rings. The molecule has 0 aliphatic carbocycles. The van der Waals surface area contributed by atoms with E-state index < -0.39 is 23.7 Å². The molecule has 152 valence electrons. The molecule has 0 fully saturated rings. The zero-order valence-electron chi connectivity index (χ0n) is 16.3. The van der Waals surface area contributed by atoms with Gasteiger partial charge in [-0.25, -0.2) is 9.37 Å². The number of carbonyl (C=O) groups is 2. The van der Waals surface area contributed by atoms with E-state index in [1.807, 2.05) is 13.8 Å². The molecule has 1 unspecified atom stereocenters. The number of primary amides is 1. The second-order valence-electron chi connectivity index (χ2n) is 6.82. The van der Waals surface area contributed by atoms with Gasteiger partial charge in [-0.3, -0.25) is 19.0 Å². The molecule has 0 saturated carbocycles. The van der Waals surface area contributed by atoms with Crippen LogP contribution in [0.5, 0.6) is 0 Å². The minimum Gasteiger partial charge on any atom is -0.368 e. The molecule has 3 rings (SSSR count). The first kappa shape index (κ1) is 20.7. The highest BCUT2D eigenvalue weighted by atomic mass is 32.1. The number of halogens is 1. The van der Waals surface area contributed by atoms with Crippen LogP contribution in [-0.4, -0.2) is 33.3 Å². The van der Waals surface area contributed by atoms with Gasteiger partial charge in [0, 0.05) is 24.9 Å². The van der Waals surface area contributed by atoms with Crippen molar-refractivity contribution in [2.45, 2.75) is 32.9 Å². The lowest BCUT2D eigenvalue weighted by atomic mass is 10.0. The molecule has 2 aromatic heterocycles. The first-order valence-corrected chi connectivity index (χ1v) is 9.78. The third kappa shape index (κ3) is 4.04. The summed E-state index contributed by atoms with van der Waals surface area (Å²) >= 11 is 1.46. The first-order chi connectivity index (χ1) is 13.7. The summed E-state index contributed by atoms with van der Waals surface area (Å²) in [6, 6.07) is 4.30. The number of likely N-dealkylation sites (N-methyl/N-ethyl adjacent to an activating group) is 1. The molecule has 0 saturated heterocycles. The number of hydrogen-bond donors (Lipinski definition) is 1. The van der Waals surface area contributed by atoms with Gasteiger partial charge in [0.2, 0.25) is 11.8 Å². The van der Waals surface area contributed by atoms with Gasteiger partial charge >= 0.3 is 0 Å². The topological polar surface area (TPSA) is 98.3 Å². The van der Waals surface area contributed by atoms with Gasteiger partial charge in [0.15, 0.2) is 0 Å². The molecule has 0 aliphatic rings. The molecule has 9 heteroatoms. The van der Waals surface area contributed by atoms with E-state index in [0.717, 1.165) is 10.4 Å². The Labute approximate surface area is 170 Å². The van der Waals surface area contributed by atoms with Crippen molar-refractivity contribution >= 4 is 33.4 Å².